The van der Waals surface area contributed by atoms with Gasteiger partial charge in [0.2, 0.25) is 0 Å². The highest BCUT2D eigenvalue weighted by molar-refractivity contribution is 6.96. The van der Waals surface area contributed by atoms with Crippen LogP contribution in [0.25, 0.3) is 33.4 Å². The Hall–Kier alpha value is -7.78. The second kappa shape index (κ2) is 16.8. The second-order valence-corrected chi connectivity index (χ2v) is 19.6. The minimum Gasteiger partial charge on any atom is -0.310 e. The van der Waals surface area contributed by atoms with Crippen molar-refractivity contribution in [2.75, 3.05) is 4.90 Å². The summed E-state index contributed by atoms with van der Waals surface area (Å²) in [5, 5.41) is 4.22. The summed E-state index contributed by atoms with van der Waals surface area (Å²) in [6.07, 6.45) is 0. The van der Waals surface area contributed by atoms with Crippen LogP contribution >= 0.6 is 0 Å². The number of rotatable bonds is 10. The maximum absolute atomic E-state index is 2.51. The summed E-state index contributed by atoms with van der Waals surface area (Å²) in [4.78, 5) is 2.51. The van der Waals surface area contributed by atoms with E-state index in [-0.39, 0.29) is 0 Å². The number of hydrogen-bond donors (Lipinski definition) is 0. The van der Waals surface area contributed by atoms with Crippen LogP contribution < -0.4 is 20.5 Å². The lowest BCUT2D eigenvalue weighted by molar-refractivity contribution is 0.768. The van der Waals surface area contributed by atoms with Crippen LogP contribution in [0.3, 0.4) is 0 Å². The Balaban J connectivity index is 1.17. The standard InChI is InChI=1S/C62H47NSi/c1-45-22-21-36-59(61(45)56-34-18-20-37-60(56)64(52-29-13-5-14-30-52)53-31-15-6-16-32-53)63(50-40-38-47(39-41-50)46-23-7-2-8-24-46)51-42-43-55-54-33-17-19-35-57(54)62(58(55)44-51,48-25-9-3-10-26-48)49-27-11-4-12-28-49/h2-44,64H,1H3. The van der Waals surface area contributed by atoms with E-state index in [9.17, 15) is 0 Å². The molecule has 64 heavy (non-hydrogen) atoms. The van der Waals surface area contributed by atoms with E-state index in [1.54, 1.807) is 0 Å². The zero-order valence-electron chi connectivity index (χ0n) is 35.9. The Bertz CT molecular complexity index is 3120. The van der Waals surface area contributed by atoms with Gasteiger partial charge in [-0.3, -0.25) is 0 Å². The Kier molecular flexibility index (Phi) is 10.3. The third-order valence-electron chi connectivity index (χ3n) is 13.2. The van der Waals surface area contributed by atoms with Crippen LogP contribution in [0.4, 0.5) is 17.1 Å². The molecule has 0 heterocycles. The summed E-state index contributed by atoms with van der Waals surface area (Å²) in [6.45, 7) is 2.28. The number of anilines is 3. The highest BCUT2D eigenvalue weighted by Crippen LogP contribution is 2.57. The summed E-state index contributed by atoms with van der Waals surface area (Å²) in [5.74, 6) is 0. The maximum atomic E-state index is 2.51. The average molecular weight is 834 g/mol. The fourth-order valence-corrected chi connectivity index (χ4v) is 13.6. The van der Waals surface area contributed by atoms with Crippen LogP contribution in [0.5, 0.6) is 0 Å². The van der Waals surface area contributed by atoms with Crippen molar-refractivity contribution in [2.45, 2.75) is 12.3 Å². The van der Waals surface area contributed by atoms with Gasteiger partial charge in [-0.1, -0.05) is 241 Å². The first-order chi connectivity index (χ1) is 31.7. The molecule has 10 aromatic rings. The molecule has 0 unspecified atom stereocenters. The fourth-order valence-electron chi connectivity index (χ4n) is 10.4. The van der Waals surface area contributed by atoms with Crippen molar-refractivity contribution in [3.05, 3.63) is 289 Å². The van der Waals surface area contributed by atoms with E-state index in [4.69, 9.17) is 0 Å². The molecule has 0 aromatic heterocycles. The van der Waals surface area contributed by atoms with Crippen molar-refractivity contribution < 1.29 is 0 Å². The van der Waals surface area contributed by atoms with Crippen LogP contribution in [0.15, 0.2) is 261 Å². The first-order valence-corrected chi connectivity index (χ1v) is 24.0. The van der Waals surface area contributed by atoms with Gasteiger partial charge >= 0.3 is 0 Å². The summed E-state index contributed by atoms with van der Waals surface area (Å²) in [5.41, 5.74) is 16.6. The normalized spacial score (nSPS) is 12.4. The summed E-state index contributed by atoms with van der Waals surface area (Å²) < 4.78 is 0. The van der Waals surface area contributed by atoms with Crippen molar-refractivity contribution in [3.8, 4) is 33.4 Å². The molecule has 0 aliphatic heterocycles. The molecular weight excluding hydrogens is 787 g/mol. The topological polar surface area (TPSA) is 3.24 Å². The van der Waals surface area contributed by atoms with Gasteiger partial charge in [-0.05, 0) is 98.1 Å². The number of aryl methyl sites for hydroxylation is 1. The largest absolute Gasteiger partial charge is 0.310 e. The molecule has 11 rings (SSSR count). The molecule has 0 saturated heterocycles. The van der Waals surface area contributed by atoms with E-state index in [1.807, 2.05) is 0 Å². The van der Waals surface area contributed by atoms with Gasteiger partial charge in [0.25, 0.3) is 0 Å². The molecule has 0 saturated carbocycles. The third kappa shape index (κ3) is 6.71. The molecule has 10 aromatic carbocycles. The van der Waals surface area contributed by atoms with E-state index < -0.39 is 14.2 Å². The van der Waals surface area contributed by atoms with Crippen molar-refractivity contribution in [1.29, 1.82) is 0 Å². The van der Waals surface area contributed by atoms with Gasteiger partial charge in [0.15, 0.2) is 0 Å². The second-order valence-electron chi connectivity index (χ2n) is 16.8. The molecule has 0 amide bonds. The number of hydrogen-bond acceptors (Lipinski definition) is 1. The molecule has 1 nitrogen and oxygen atoms in total. The maximum Gasteiger partial charge on any atom is 0.133 e. The van der Waals surface area contributed by atoms with E-state index in [0.717, 1.165) is 17.1 Å². The first-order valence-electron chi connectivity index (χ1n) is 22.3. The summed E-state index contributed by atoms with van der Waals surface area (Å²) in [6, 6.07) is 96.7. The smallest absolute Gasteiger partial charge is 0.133 e. The van der Waals surface area contributed by atoms with E-state index in [0.29, 0.717) is 0 Å². The molecule has 1 aliphatic rings. The average Bonchev–Trinajstić information content (AvgIpc) is 3.67. The van der Waals surface area contributed by atoms with Crippen molar-refractivity contribution in [3.63, 3.8) is 0 Å². The molecule has 0 fully saturated rings. The monoisotopic (exact) mass is 833 g/mol. The van der Waals surface area contributed by atoms with Crippen molar-refractivity contribution in [1.82, 2.24) is 0 Å². The van der Waals surface area contributed by atoms with Crippen LogP contribution in [-0.4, -0.2) is 8.80 Å². The molecule has 0 radical (unpaired) electrons. The van der Waals surface area contributed by atoms with E-state index >= 15 is 0 Å². The highest BCUT2D eigenvalue weighted by Gasteiger charge is 2.46. The molecule has 304 valence electrons. The molecular formula is C62H47NSi. The third-order valence-corrected chi connectivity index (χ3v) is 16.5. The first kappa shape index (κ1) is 39.1. The van der Waals surface area contributed by atoms with Gasteiger partial charge in [-0.25, -0.2) is 0 Å². The van der Waals surface area contributed by atoms with Gasteiger partial charge in [-0.2, -0.15) is 0 Å². The fraction of sp³-hybridized carbons (Fsp3) is 0.0323. The number of benzene rings is 10. The van der Waals surface area contributed by atoms with Crippen LogP contribution in [0.1, 0.15) is 27.8 Å². The molecule has 0 bridgehead atoms. The number of nitrogens with zero attached hydrogens (tertiary/aromatic N) is 1. The molecule has 0 N–H and O–H groups in total. The van der Waals surface area contributed by atoms with Crippen LogP contribution in [0.2, 0.25) is 0 Å². The van der Waals surface area contributed by atoms with Gasteiger partial charge in [0, 0.05) is 16.9 Å². The lowest BCUT2D eigenvalue weighted by Crippen LogP contribution is -2.52. The Morgan fingerprint density at radius 3 is 1.47 bits per heavy atom. The zero-order valence-corrected chi connectivity index (χ0v) is 37.0. The van der Waals surface area contributed by atoms with Crippen molar-refractivity contribution >= 4 is 41.4 Å². The molecule has 0 atom stereocenters. The Morgan fingerprint density at radius 1 is 0.359 bits per heavy atom. The summed E-state index contributed by atoms with van der Waals surface area (Å²) in [7, 11) is -1.93. The Labute approximate surface area is 378 Å². The highest BCUT2D eigenvalue weighted by atomic mass is 28.3. The lowest BCUT2D eigenvalue weighted by atomic mass is 9.67. The van der Waals surface area contributed by atoms with E-state index in [1.165, 1.54) is 76.8 Å². The summed E-state index contributed by atoms with van der Waals surface area (Å²) >= 11 is 0. The molecule has 0 spiro atoms. The number of fused-ring (bicyclic) bond motifs is 3. The minimum atomic E-state index is -1.93. The predicted octanol–water partition coefficient (Wildman–Crippen LogP) is 13.4. The van der Waals surface area contributed by atoms with Crippen LogP contribution in [-0.2, 0) is 5.41 Å². The van der Waals surface area contributed by atoms with Crippen LogP contribution in [0, 0.1) is 6.92 Å². The predicted molar refractivity (Wildman–Crippen MR) is 273 cm³/mol. The van der Waals surface area contributed by atoms with Gasteiger partial charge in [0.05, 0.1) is 11.1 Å². The van der Waals surface area contributed by atoms with Crippen molar-refractivity contribution in [2.24, 2.45) is 0 Å². The zero-order chi connectivity index (χ0) is 42.9. The van der Waals surface area contributed by atoms with Gasteiger partial charge < -0.3 is 4.90 Å². The van der Waals surface area contributed by atoms with Gasteiger partial charge in [-0.15, -0.1) is 0 Å². The quantitative estimate of drug-likeness (QED) is 0.0980. The lowest BCUT2D eigenvalue weighted by Gasteiger charge is -2.35. The van der Waals surface area contributed by atoms with E-state index in [2.05, 4.69) is 273 Å². The Morgan fingerprint density at radius 2 is 0.844 bits per heavy atom. The minimum absolute atomic E-state index is 0.528. The SMILES string of the molecule is Cc1cccc(N(c2ccc(-c3ccccc3)cc2)c2ccc3c(c2)C(c2ccccc2)(c2ccccc2)c2ccccc2-3)c1-c1ccccc1[SiH](c1ccccc1)c1ccccc1. The van der Waals surface area contributed by atoms with Gasteiger partial charge in [0.1, 0.15) is 8.80 Å². The molecule has 1 aliphatic carbocycles. The molecule has 2 heteroatoms.